The molecule has 2 N–H and O–H groups in total. The van der Waals surface area contributed by atoms with E-state index in [2.05, 4.69) is 37.2 Å². The van der Waals surface area contributed by atoms with Crippen molar-refractivity contribution in [2.45, 2.75) is 19.8 Å². The van der Waals surface area contributed by atoms with Gasteiger partial charge in [0.1, 0.15) is 11.5 Å². The van der Waals surface area contributed by atoms with Crippen molar-refractivity contribution < 1.29 is 9.32 Å². The maximum atomic E-state index is 11.9. The Morgan fingerprint density at radius 2 is 2.25 bits per heavy atom. The average Bonchev–Trinajstić information content (AvgIpc) is 2.98. The monoisotopic (exact) mass is 275 g/mol. The van der Waals surface area contributed by atoms with E-state index in [4.69, 9.17) is 0 Å². The molecule has 0 saturated carbocycles. The van der Waals surface area contributed by atoms with Crippen LogP contribution in [0.15, 0.2) is 29.1 Å². The van der Waals surface area contributed by atoms with Crippen molar-refractivity contribution in [3.8, 4) is 0 Å². The number of amides is 1. The van der Waals surface area contributed by atoms with Crippen LogP contribution in [-0.2, 0) is 6.42 Å². The Morgan fingerprint density at radius 1 is 1.35 bits per heavy atom. The summed E-state index contributed by atoms with van der Waals surface area (Å²) in [5, 5.41) is 9.58. The van der Waals surface area contributed by atoms with E-state index in [1.165, 1.54) is 6.39 Å². The van der Waals surface area contributed by atoms with E-state index in [1.807, 2.05) is 6.07 Å². The molecule has 7 heteroatoms. The summed E-state index contributed by atoms with van der Waals surface area (Å²) in [6.07, 6.45) is 2.79. The molecule has 0 aromatic carbocycles. The molecule has 0 radical (unpaired) electrons. The molecular formula is C13H17N5O2. The van der Waals surface area contributed by atoms with E-state index in [9.17, 15) is 4.79 Å². The number of carbonyl (C=O) groups excluding carboxylic acids is 1. The summed E-state index contributed by atoms with van der Waals surface area (Å²) in [7, 11) is 0. The Labute approximate surface area is 116 Å². The number of nitrogens with one attached hydrogen (secondary N) is 2. The van der Waals surface area contributed by atoms with Crippen molar-refractivity contribution in [3.63, 3.8) is 0 Å². The van der Waals surface area contributed by atoms with Gasteiger partial charge in [-0.15, -0.1) is 0 Å². The van der Waals surface area contributed by atoms with Gasteiger partial charge in [-0.25, -0.2) is 4.98 Å². The van der Waals surface area contributed by atoms with E-state index in [0.717, 1.165) is 13.0 Å². The zero-order valence-electron chi connectivity index (χ0n) is 11.3. The van der Waals surface area contributed by atoms with Crippen LogP contribution in [0, 0.1) is 0 Å². The molecule has 2 rings (SSSR count). The normalized spacial score (nSPS) is 10.2. The SMILES string of the molecule is CCCNc1cccc(C(=O)NCCc2ncon2)n1. The number of anilines is 1. The summed E-state index contributed by atoms with van der Waals surface area (Å²) in [6, 6.07) is 5.33. The van der Waals surface area contributed by atoms with Crippen LogP contribution in [-0.4, -0.2) is 34.1 Å². The van der Waals surface area contributed by atoms with Crippen LogP contribution in [0.5, 0.6) is 0 Å². The zero-order valence-corrected chi connectivity index (χ0v) is 11.3. The highest BCUT2D eigenvalue weighted by molar-refractivity contribution is 5.92. The Hall–Kier alpha value is -2.44. The molecule has 2 aromatic heterocycles. The van der Waals surface area contributed by atoms with E-state index in [1.54, 1.807) is 12.1 Å². The molecule has 0 saturated heterocycles. The molecule has 0 spiro atoms. The highest BCUT2D eigenvalue weighted by Gasteiger charge is 2.08. The summed E-state index contributed by atoms with van der Waals surface area (Å²) in [6.45, 7) is 3.34. The molecule has 20 heavy (non-hydrogen) atoms. The lowest BCUT2D eigenvalue weighted by Crippen LogP contribution is -2.27. The van der Waals surface area contributed by atoms with Crippen LogP contribution < -0.4 is 10.6 Å². The lowest BCUT2D eigenvalue weighted by Gasteiger charge is -2.06. The van der Waals surface area contributed by atoms with E-state index in [0.29, 0.717) is 30.3 Å². The number of rotatable bonds is 7. The van der Waals surface area contributed by atoms with Crippen LogP contribution in [0.2, 0.25) is 0 Å². The Morgan fingerprint density at radius 3 is 3.00 bits per heavy atom. The van der Waals surface area contributed by atoms with Gasteiger partial charge in [0.15, 0.2) is 5.82 Å². The second-order valence-electron chi connectivity index (χ2n) is 4.19. The van der Waals surface area contributed by atoms with Crippen LogP contribution in [0.1, 0.15) is 29.7 Å². The van der Waals surface area contributed by atoms with Gasteiger partial charge in [-0.2, -0.15) is 4.98 Å². The lowest BCUT2D eigenvalue weighted by molar-refractivity contribution is 0.0949. The quantitative estimate of drug-likeness (QED) is 0.790. The molecule has 2 heterocycles. The number of hydrogen-bond acceptors (Lipinski definition) is 6. The second-order valence-corrected chi connectivity index (χ2v) is 4.19. The summed E-state index contributed by atoms with van der Waals surface area (Å²) in [4.78, 5) is 20.1. The number of nitrogens with zero attached hydrogens (tertiary/aromatic N) is 3. The number of aromatic nitrogens is 3. The molecule has 0 fully saturated rings. The number of hydrogen-bond donors (Lipinski definition) is 2. The molecule has 0 aliphatic heterocycles. The minimum absolute atomic E-state index is 0.214. The first-order chi connectivity index (χ1) is 9.79. The minimum Gasteiger partial charge on any atom is -0.370 e. The fourth-order valence-electron chi connectivity index (χ4n) is 1.59. The molecule has 0 bridgehead atoms. The van der Waals surface area contributed by atoms with E-state index < -0.39 is 0 Å². The number of carbonyl (C=O) groups is 1. The van der Waals surface area contributed by atoms with Crippen LogP contribution >= 0.6 is 0 Å². The Balaban J connectivity index is 1.85. The van der Waals surface area contributed by atoms with Gasteiger partial charge < -0.3 is 15.2 Å². The predicted octanol–water partition coefficient (Wildman–Crippen LogP) is 1.26. The van der Waals surface area contributed by atoms with Gasteiger partial charge in [0.05, 0.1) is 0 Å². The largest absolute Gasteiger partial charge is 0.370 e. The molecule has 0 aliphatic rings. The second kappa shape index (κ2) is 7.22. The van der Waals surface area contributed by atoms with E-state index >= 15 is 0 Å². The summed E-state index contributed by atoms with van der Waals surface area (Å²) in [5.41, 5.74) is 0.388. The Bertz CT molecular complexity index is 541. The molecule has 2 aromatic rings. The molecule has 0 atom stereocenters. The van der Waals surface area contributed by atoms with Gasteiger partial charge in [-0.1, -0.05) is 18.1 Å². The molecule has 0 unspecified atom stereocenters. The molecule has 0 aliphatic carbocycles. The van der Waals surface area contributed by atoms with Gasteiger partial charge >= 0.3 is 0 Å². The van der Waals surface area contributed by atoms with E-state index in [-0.39, 0.29) is 5.91 Å². The van der Waals surface area contributed by atoms with Crippen molar-refractivity contribution in [1.82, 2.24) is 20.4 Å². The van der Waals surface area contributed by atoms with Crippen molar-refractivity contribution in [2.75, 3.05) is 18.4 Å². The van der Waals surface area contributed by atoms with Crippen LogP contribution in [0.3, 0.4) is 0 Å². The fourth-order valence-corrected chi connectivity index (χ4v) is 1.59. The topological polar surface area (TPSA) is 92.9 Å². The standard InChI is InChI=1S/C13H17N5O2/c1-2-7-14-11-5-3-4-10(17-11)13(19)15-8-6-12-16-9-20-18-12/h3-5,9H,2,6-8H2,1H3,(H,14,17)(H,15,19). The molecule has 7 nitrogen and oxygen atoms in total. The molecule has 106 valence electrons. The maximum absolute atomic E-state index is 11.9. The van der Waals surface area contributed by atoms with Crippen LogP contribution in [0.25, 0.3) is 0 Å². The molecule has 1 amide bonds. The number of pyridine rings is 1. The van der Waals surface area contributed by atoms with Crippen molar-refractivity contribution in [2.24, 2.45) is 0 Å². The van der Waals surface area contributed by atoms with Gasteiger partial charge in [-0.3, -0.25) is 4.79 Å². The van der Waals surface area contributed by atoms with Gasteiger partial charge in [-0.05, 0) is 18.6 Å². The van der Waals surface area contributed by atoms with Crippen molar-refractivity contribution >= 4 is 11.7 Å². The third kappa shape index (κ3) is 4.04. The van der Waals surface area contributed by atoms with Crippen LogP contribution in [0.4, 0.5) is 5.82 Å². The highest BCUT2D eigenvalue weighted by Crippen LogP contribution is 2.04. The first-order valence-corrected chi connectivity index (χ1v) is 6.54. The summed E-state index contributed by atoms with van der Waals surface area (Å²) >= 11 is 0. The summed E-state index contributed by atoms with van der Waals surface area (Å²) < 4.78 is 4.62. The Kier molecular flexibility index (Phi) is 5.05. The van der Waals surface area contributed by atoms with Crippen molar-refractivity contribution in [1.29, 1.82) is 0 Å². The summed E-state index contributed by atoms with van der Waals surface area (Å²) in [5.74, 6) is 1.06. The smallest absolute Gasteiger partial charge is 0.269 e. The highest BCUT2D eigenvalue weighted by atomic mass is 16.5. The fraction of sp³-hybridized carbons (Fsp3) is 0.385. The first kappa shape index (κ1) is 14.0. The first-order valence-electron chi connectivity index (χ1n) is 6.54. The lowest BCUT2D eigenvalue weighted by atomic mass is 10.3. The zero-order chi connectivity index (χ0) is 14.2. The minimum atomic E-state index is -0.214. The predicted molar refractivity (Wildman–Crippen MR) is 73.4 cm³/mol. The third-order valence-electron chi connectivity index (χ3n) is 2.58. The third-order valence-corrected chi connectivity index (χ3v) is 2.58. The van der Waals surface area contributed by atoms with Crippen molar-refractivity contribution in [3.05, 3.63) is 36.1 Å². The van der Waals surface area contributed by atoms with Gasteiger partial charge in [0.2, 0.25) is 6.39 Å². The average molecular weight is 275 g/mol. The van der Waals surface area contributed by atoms with Gasteiger partial charge in [0.25, 0.3) is 5.91 Å². The maximum Gasteiger partial charge on any atom is 0.269 e. The van der Waals surface area contributed by atoms with Gasteiger partial charge in [0, 0.05) is 19.5 Å². The molecular weight excluding hydrogens is 258 g/mol.